The smallest absolute Gasteiger partial charge is 0.277 e. The lowest BCUT2D eigenvalue weighted by atomic mass is 10.1. The second-order valence-electron chi connectivity index (χ2n) is 5.60. The molecule has 3 aromatic heterocycles. The Morgan fingerprint density at radius 3 is 2.41 bits per heavy atom. The number of aromatic nitrogens is 4. The fraction of sp³-hybridized carbons (Fsp3) is 0. The van der Waals surface area contributed by atoms with Crippen LogP contribution in [0.2, 0.25) is 15.1 Å². The number of pyridine rings is 1. The van der Waals surface area contributed by atoms with Crippen LogP contribution in [0.4, 0.5) is 5.82 Å². The van der Waals surface area contributed by atoms with E-state index < -0.39 is 5.91 Å². The van der Waals surface area contributed by atoms with Crippen molar-refractivity contribution in [1.82, 2.24) is 19.6 Å². The summed E-state index contributed by atoms with van der Waals surface area (Å²) in [5, 5.41) is 8.52. The van der Waals surface area contributed by atoms with Gasteiger partial charge in [-0.05, 0) is 36.4 Å². The molecule has 0 saturated carbocycles. The topological polar surface area (TPSA) is 72.2 Å². The van der Waals surface area contributed by atoms with Crippen LogP contribution in [0.3, 0.4) is 0 Å². The maximum atomic E-state index is 12.5. The minimum Gasteiger partial charge on any atom is -0.305 e. The van der Waals surface area contributed by atoms with E-state index >= 15 is 0 Å². The highest BCUT2D eigenvalue weighted by molar-refractivity contribution is 6.35. The summed E-state index contributed by atoms with van der Waals surface area (Å²) in [5.74, 6) is -0.0401. The van der Waals surface area contributed by atoms with Crippen LogP contribution in [0.1, 0.15) is 10.5 Å². The molecule has 0 saturated heterocycles. The summed E-state index contributed by atoms with van der Waals surface area (Å²) in [6, 6.07) is 11.8. The van der Waals surface area contributed by atoms with Crippen LogP contribution in [-0.4, -0.2) is 25.5 Å². The van der Waals surface area contributed by atoms with Gasteiger partial charge in [-0.15, -0.1) is 0 Å². The minimum atomic E-state index is -0.412. The third-order valence-corrected chi connectivity index (χ3v) is 4.38. The molecule has 0 aliphatic carbocycles. The van der Waals surface area contributed by atoms with E-state index in [1.807, 2.05) is 0 Å². The number of nitrogens with one attached hydrogen (secondary N) is 1. The number of amides is 1. The summed E-state index contributed by atoms with van der Waals surface area (Å²) in [4.78, 5) is 20.8. The molecule has 1 N–H and O–H groups in total. The molecule has 0 aliphatic rings. The Morgan fingerprint density at radius 2 is 1.70 bits per heavy atom. The molecule has 0 fully saturated rings. The molecule has 9 heteroatoms. The van der Waals surface area contributed by atoms with Crippen LogP contribution in [0.15, 0.2) is 54.9 Å². The molecule has 4 aromatic rings. The van der Waals surface area contributed by atoms with Gasteiger partial charge in [0.15, 0.2) is 11.3 Å². The second-order valence-corrected chi connectivity index (χ2v) is 6.91. The highest BCUT2D eigenvalue weighted by atomic mass is 35.5. The number of carbonyl (C=O) groups excluding carboxylic acids is 1. The summed E-state index contributed by atoms with van der Waals surface area (Å²) in [6.45, 7) is 0. The Balaban J connectivity index is 1.72. The van der Waals surface area contributed by atoms with Crippen LogP contribution < -0.4 is 5.32 Å². The lowest BCUT2D eigenvalue weighted by Gasteiger charge is -2.06. The first kappa shape index (κ1) is 17.7. The number of benzene rings is 1. The average molecular weight is 419 g/mol. The van der Waals surface area contributed by atoms with Gasteiger partial charge in [0.1, 0.15) is 5.82 Å². The zero-order valence-electron chi connectivity index (χ0n) is 13.5. The van der Waals surface area contributed by atoms with Crippen LogP contribution in [0, 0.1) is 0 Å². The summed E-state index contributed by atoms with van der Waals surface area (Å²) in [7, 11) is 0. The fourth-order valence-electron chi connectivity index (χ4n) is 2.56. The number of halogens is 3. The molecule has 6 nitrogen and oxygen atoms in total. The SMILES string of the molecule is O=C(Nc1ccc(Cl)cn1)c1cc2nccc(-c3cc(Cl)cc(Cl)c3)n2n1. The molecule has 0 radical (unpaired) electrons. The number of carbonyl (C=O) groups is 1. The number of nitrogens with zero attached hydrogens (tertiary/aromatic N) is 4. The fourth-order valence-corrected chi connectivity index (χ4v) is 3.19. The lowest BCUT2D eigenvalue weighted by molar-refractivity contribution is 0.102. The van der Waals surface area contributed by atoms with Gasteiger partial charge in [-0.25, -0.2) is 14.5 Å². The van der Waals surface area contributed by atoms with Crippen molar-refractivity contribution < 1.29 is 4.79 Å². The Hall–Kier alpha value is -2.67. The molecule has 0 aliphatic heterocycles. The van der Waals surface area contributed by atoms with Crippen molar-refractivity contribution in [1.29, 1.82) is 0 Å². The van der Waals surface area contributed by atoms with Crippen molar-refractivity contribution >= 4 is 52.2 Å². The zero-order chi connectivity index (χ0) is 19.0. The highest BCUT2D eigenvalue weighted by Gasteiger charge is 2.15. The number of rotatable bonds is 3. The van der Waals surface area contributed by atoms with Crippen molar-refractivity contribution in [2.45, 2.75) is 0 Å². The molecule has 3 heterocycles. The molecular weight excluding hydrogens is 409 g/mol. The van der Waals surface area contributed by atoms with E-state index in [-0.39, 0.29) is 5.69 Å². The van der Waals surface area contributed by atoms with E-state index in [2.05, 4.69) is 20.4 Å². The first-order chi connectivity index (χ1) is 13.0. The van der Waals surface area contributed by atoms with Gasteiger partial charge in [-0.2, -0.15) is 5.10 Å². The first-order valence-corrected chi connectivity index (χ1v) is 8.87. The average Bonchev–Trinajstić information content (AvgIpc) is 3.07. The molecule has 27 heavy (non-hydrogen) atoms. The van der Waals surface area contributed by atoms with Crippen LogP contribution >= 0.6 is 34.8 Å². The predicted molar refractivity (Wildman–Crippen MR) is 106 cm³/mol. The van der Waals surface area contributed by atoms with Crippen molar-refractivity contribution in [3.8, 4) is 11.3 Å². The van der Waals surface area contributed by atoms with Gasteiger partial charge in [-0.1, -0.05) is 34.8 Å². The van der Waals surface area contributed by atoms with E-state index in [9.17, 15) is 4.79 Å². The first-order valence-electron chi connectivity index (χ1n) is 7.74. The standard InChI is InChI=1S/C18H10Cl3N5O/c19-11-1-2-16(23-9-11)24-18(27)14-8-17-22-4-3-15(26(17)25-14)10-5-12(20)7-13(21)6-10/h1-9H,(H,23,24,27). The van der Waals surface area contributed by atoms with Gasteiger partial charge in [0.2, 0.25) is 0 Å². The monoisotopic (exact) mass is 417 g/mol. The quantitative estimate of drug-likeness (QED) is 0.508. The second kappa shape index (κ2) is 7.15. The number of hydrogen-bond donors (Lipinski definition) is 1. The molecule has 0 unspecified atom stereocenters. The molecule has 4 rings (SSSR count). The molecule has 0 atom stereocenters. The van der Waals surface area contributed by atoms with Crippen LogP contribution in [0.25, 0.3) is 16.9 Å². The predicted octanol–water partition coefficient (Wildman–Crippen LogP) is 5.00. The molecule has 1 aromatic carbocycles. The third kappa shape index (κ3) is 3.73. The largest absolute Gasteiger partial charge is 0.305 e. The summed E-state index contributed by atoms with van der Waals surface area (Å²) in [5.41, 5.74) is 2.17. The van der Waals surface area contributed by atoms with Gasteiger partial charge in [0.25, 0.3) is 5.91 Å². The van der Waals surface area contributed by atoms with Crippen LogP contribution in [0.5, 0.6) is 0 Å². The van der Waals surface area contributed by atoms with Gasteiger partial charge in [0.05, 0.1) is 10.7 Å². The van der Waals surface area contributed by atoms with Crippen molar-refractivity contribution in [2.75, 3.05) is 5.32 Å². The van der Waals surface area contributed by atoms with Crippen LogP contribution in [-0.2, 0) is 0 Å². The van der Waals surface area contributed by atoms with E-state index in [1.54, 1.807) is 53.2 Å². The minimum absolute atomic E-state index is 0.194. The van der Waals surface area contributed by atoms with Crippen molar-refractivity contribution in [2.24, 2.45) is 0 Å². The number of hydrogen-bond acceptors (Lipinski definition) is 4. The van der Waals surface area contributed by atoms with Gasteiger partial charge >= 0.3 is 0 Å². The summed E-state index contributed by atoms with van der Waals surface area (Å²) in [6.07, 6.45) is 3.08. The van der Waals surface area contributed by atoms with E-state index in [0.29, 0.717) is 32.2 Å². The number of anilines is 1. The van der Waals surface area contributed by atoms with Gasteiger partial charge < -0.3 is 5.32 Å². The lowest BCUT2D eigenvalue weighted by Crippen LogP contribution is -2.13. The van der Waals surface area contributed by atoms with E-state index in [1.165, 1.54) is 6.20 Å². The molecule has 1 amide bonds. The zero-order valence-corrected chi connectivity index (χ0v) is 15.8. The maximum absolute atomic E-state index is 12.5. The van der Waals surface area contributed by atoms with Gasteiger partial charge in [-0.3, -0.25) is 4.79 Å². The highest BCUT2D eigenvalue weighted by Crippen LogP contribution is 2.27. The van der Waals surface area contributed by atoms with Crippen molar-refractivity contribution in [3.63, 3.8) is 0 Å². The Bertz CT molecular complexity index is 1140. The Kier molecular flexibility index (Phi) is 4.70. The number of fused-ring (bicyclic) bond motifs is 1. The summed E-state index contributed by atoms with van der Waals surface area (Å²) < 4.78 is 1.56. The Labute approximate surface area is 168 Å². The molecule has 0 bridgehead atoms. The van der Waals surface area contributed by atoms with E-state index in [4.69, 9.17) is 34.8 Å². The Morgan fingerprint density at radius 1 is 0.926 bits per heavy atom. The molecule has 0 spiro atoms. The summed E-state index contributed by atoms with van der Waals surface area (Å²) >= 11 is 18.0. The molecule has 134 valence electrons. The third-order valence-electron chi connectivity index (χ3n) is 3.72. The van der Waals surface area contributed by atoms with Crippen molar-refractivity contribution in [3.05, 3.63) is 75.6 Å². The molecular formula is C18H10Cl3N5O. The maximum Gasteiger partial charge on any atom is 0.277 e. The van der Waals surface area contributed by atoms with Gasteiger partial charge in [0, 0.05) is 34.1 Å². The normalized spacial score (nSPS) is 10.9. The van der Waals surface area contributed by atoms with E-state index in [0.717, 1.165) is 5.56 Å².